The molecule has 1 rings (SSSR count). The lowest BCUT2D eigenvalue weighted by molar-refractivity contribution is -0.143. The van der Waals surface area contributed by atoms with Crippen molar-refractivity contribution in [3.05, 3.63) is 29.6 Å². The highest BCUT2D eigenvalue weighted by Crippen LogP contribution is 2.23. The lowest BCUT2D eigenvalue weighted by Crippen LogP contribution is -2.36. The van der Waals surface area contributed by atoms with Gasteiger partial charge in [0.25, 0.3) is 0 Å². The number of halogens is 4. The van der Waals surface area contributed by atoms with Crippen molar-refractivity contribution >= 4 is 5.97 Å². The monoisotopic (exact) mass is 281 g/mol. The Morgan fingerprint density at radius 1 is 1.47 bits per heavy atom. The van der Waals surface area contributed by atoms with Crippen LogP contribution in [0.4, 0.5) is 17.6 Å². The molecule has 106 valence electrons. The SMILES string of the molecule is COc1ccc(C(NCC(F)(F)F)C(=O)O)cc1F. The molecule has 1 atom stereocenters. The number of carbonyl (C=O) groups is 1. The molecule has 0 radical (unpaired) electrons. The van der Waals surface area contributed by atoms with Gasteiger partial charge in [-0.3, -0.25) is 10.1 Å². The summed E-state index contributed by atoms with van der Waals surface area (Å²) in [6.07, 6.45) is -4.56. The molecule has 0 aromatic heterocycles. The Labute approximate surface area is 106 Å². The van der Waals surface area contributed by atoms with Crippen molar-refractivity contribution in [2.45, 2.75) is 12.2 Å². The van der Waals surface area contributed by atoms with E-state index in [0.29, 0.717) is 0 Å². The molecule has 0 aliphatic rings. The summed E-state index contributed by atoms with van der Waals surface area (Å²) < 4.78 is 54.1. The molecule has 0 aliphatic carbocycles. The number of benzene rings is 1. The van der Waals surface area contributed by atoms with Gasteiger partial charge in [0.15, 0.2) is 11.6 Å². The summed E-state index contributed by atoms with van der Waals surface area (Å²) in [6.45, 7) is -1.49. The number of methoxy groups -OCH3 is 1. The van der Waals surface area contributed by atoms with Crippen LogP contribution in [-0.2, 0) is 4.79 Å². The van der Waals surface area contributed by atoms with Crippen molar-refractivity contribution in [1.29, 1.82) is 0 Å². The van der Waals surface area contributed by atoms with Crippen LogP contribution in [-0.4, -0.2) is 30.9 Å². The van der Waals surface area contributed by atoms with E-state index in [1.165, 1.54) is 13.2 Å². The third-order valence-electron chi connectivity index (χ3n) is 2.26. The maximum absolute atomic E-state index is 13.4. The Balaban J connectivity index is 2.93. The summed E-state index contributed by atoms with van der Waals surface area (Å²) in [7, 11) is 1.22. The molecule has 2 N–H and O–H groups in total. The van der Waals surface area contributed by atoms with Crippen LogP contribution in [0.2, 0.25) is 0 Å². The van der Waals surface area contributed by atoms with E-state index in [4.69, 9.17) is 5.11 Å². The third kappa shape index (κ3) is 4.40. The summed E-state index contributed by atoms with van der Waals surface area (Å²) in [5, 5.41) is 10.7. The molecule has 8 heteroatoms. The molecule has 0 bridgehead atoms. The van der Waals surface area contributed by atoms with E-state index in [0.717, 1.165) is 12.1 Å². The molecule has 4 nitrogen and oxygen atoms in total. The summed E-state index contributed by atoms with van der Waals surface area (Å²) in [4.78, 5) is 10.9. The molecule has 1 aromatic carbocycles. The fourth-order valence-corrected chi connectivity index (χ4v) is 1.43. The van der Waals surface area contributed by atoms with Crippen LogP contribution in [0.1, 0.15) is 11.6 Å². The zero-order valence-electron chi connectivity index (χ0n) is 9.79. The van der Waals surface area contributed by atoms with Crippen molar-refractivity contribution in [3.63, 3.8) is 0 Å². The molecule has 0 fully saturated rings. The standard InChI is InChI=1S/C11H11F4NO3/c1-19-8-3-2-6(4-7(8)12)9(10(17)18)16-5-11(13,14)15/h2-4,9,16H,5H2,1H3,(H,17,18). The van der Waals surface area contributed by atoms with Crippen molar-refractivity contribution in [3.8, 4) is 5.75 Å². The summed E-state index contributed by atoms with van der Waals surface area (Å²) in [6, 6.07) is 1.50. The van der Waals surface area contributed by atoms with Crippen LogP contribution >= 0.6 is 0 Å². The Morgan fingerprint density at radius 2 is 2.11 bits per heavy atom. The van der Waals surface area contributed by atoms with Crippen LogP contribution in [0, 0.1) is 5.82 Å². The second kappa shape index (κ2) is 5.87. The van der Waals surface area contributed by atoms with Crippen molar-refractivity contribution in [2.75, 3.05) is 13.7 Å². The highest BCUT2D eigenvalue weighted by molar-refractivity contribution is 5.75. The first-order valence-corrected chi connectivity index (χ1v) is 5.11. The number of aliphatic carboxylic acids is 1. The van der Waals surface area contributed by atoms with Crippen molar-refractivity contribution in [1.82, 2.24) is 5.32 Å². The van der Waals surface area contributed by atoms with Gasteiger partial charge in [-0.25, -0.2) is 4.39 Å². The lowest BCUT2D eigenvalue weighted by Gasteiger charge is -2.16. The second-order valence-corrected chi connectivity index (χ2v) is 3.66. The minimum atomic E-state index is -4.56. The highest BCUT2D eigenvalue weighted by Gasteiger charge is 2.31. The molecule has 1 unspecified atom stereocenters. The lowest BCUT2D eigenvalue weighted by atomic mass is 10.1. The number of ether oxygens (including phenoxy) is 1. The van der Waals surface area contributed by atoms with Crippen molar-refractivity contribution < 1.29 is 32.2 Å². The second-order valence-electron chi connectivity index (χ2n) is 3.66. The molecular weight excluding hydrogens is 270 g/mol. The van der Waals surface area contributed by atoms with E-state index in [9.17, 15) is 22.4 Å². The Bertz CT molecular complexity index is 462. The minimum Gasteiger partial charge on any atom is -0.494 e. The smallest absolute Gasteiger partial charge is 0.401 e. The molecule has 0 saturated carbocycles. The van der Waals surface area contributed by atoms with Gasteiger partial charge in [0.2, 0.25) is 0 Å². The molecule has 0 heterocycles. The topological polar surface area (TPSA) is 58.6 Å². The Kier molecular flexibility index (Phi) is 4.71. The van der Waals surface area contributed by atoms with Crippen LogP contribution in [0.15, 0.2) is 18.2 Å². The van der Waals surface area contributed by atoms with Crippen molar-refractivity contribution in [2.24, 2.45) is 0 Å². The number of hydrogen-bond donors (Lipinski definition) is 2. The van der Waals surface area contributed by atoms with Crippen LogP contribution < -0.4 is 10.1 Å². The molecule has 0 amide bonds. The van der Waals surface area contributed by atoms with Gasteiger partial charge in [-0.2, -0.15) is 13.2 Å². The van der Waals surface area contributed by atoms with Gasteiger partial charge in [0.1, 0.15) is 6.04 Å². The molecular formula is C11H11F4NO3. The van der Waals surface area contributed by atoms with Gasteiger partial charge in [0.05, 0.1) is 13.7 Å². The predicted molar refractivity (Wildman–Crippen MR) is 57.4 cm³/mol. The van der Waals surface area contributed by atoms with Crippen LogP contribution in [0.25, 0.3) is 0 Å². The highest BCUT2D eigenvalue weighted by atomic mass is 19.4. The fraction of sp³-hybridized carbons (Fsp3) is 0.364. The predicted octanol–water partition coefficient (Wildman–Crippen LogP) is 2.11. The summed E-state index contributed by atoms with van der Waals surface area (Å²) in [5.41, 5.74) is -0.130. The molecule has 0 aliphatic heterocycles. The number of carboxylic acids is 1. The van der Waals surface area contributed by atoms with E-state index >= 15 is 0 Å². The first kappa shape index (κ1) is 15.2. The van der Waals surface area contributed by atoms with Gasteiger partial charge < -0.3 is 9.84 Å². The zero-order chi connectivity index (χ0) is 14.6. The number of hydrogen-bond acceptors (Lipinski definition) is 3. The van der Waals surface area contributed by atoms with E-state index in [1.807, 2.05) is 5.32 Å². The number of carboxylic acid groups (broad SMARTS) is 1. The zero-order valence-corrected chi connectivity index (χ0v) is 9.79. The van der Waals surface area contributed by atoms with Crippen LogP contribution in [0.3, 0.4) is 0 Å². The number of rotatable bonds is 5. The van der Waals surface area contributed by atoms with E-state index in [2.05, 4.69) is 4.74 Å². The molecule has 0 spiro atoms. The fourth-order valence-electron chi connectivity index (χ4n) is 1.43. The average Bonchev–Trinajstić information content (AvgIpc) is 2.27. The van der Waals surface area contributed by atoms with Gasteiger partial charge >= 0.3 is 12.1 Å². The van der Waals surface area contributed by atoms with Crippen LogP contribution in [0.5, 0.6) is 5.75 Å². The molecule has 1 aromatic rings. The first-order chi connectivity index (χ1) is 8.74. The maximum Gasteiger partial charge on any atom is 0.401 e. The van der Waals surface area contributed by atoms with Gasteiger partial charge in [0, 0.05) is 0 Å². The number of alkyl halides is 3. The third-order valence-corrected chi connectivity index (χ3v) is 2.26. The molecule has 0 saturated heterocycles. The average molecular weight is 281 g/mol. The van der Waals surface area contributed by atoms with E-state index in [1.54, 1.807) is 0 Å². The Morgan fingerprint density at radius 3 is 2.53 bits per heavy atom. The first-order valence-electron chi connectivity index (χ1n) is 5.11. The van der Waals surface area contributed by atoms with Gasteiger partial charge in [-0.15, -0.1) is 0 Å². The maximum atomic E-state index is 13.4. The largest absolute Gasteiger partial charge is 0.494 e. The molecule has 19 heavy (non-hydrogen) atoms. The summed E-state index contributed by atoms with van der Waals surface area (Å²) in [5.74, 6) is -2.50. The summed E-state index contributed by atoms with van der Waals surface area (Å²) >= 11 is 0. The minimum absolute atomic E-state index is 0.122. The van der Waals surface area contributed by atoms with Gasteiger partial charge in [-0.05, 0) is 17.7 Å². The quantitative estimate of drug-likeness (QED) is 0.812. The van der Waals surface area contributed by atoms with E-state index < -0.39 is 30.5 Å². The van der Waals surface area contributed by atoms with E-state index in [-0.39, 0.29) is 11.3 Å². The normalized spacial score (nSPS) is 13.1. The number of nitrogens with one attached hydrogen (secondary N) is 1. The van der Waals surface area contributed by atoms with Gasteiger partial charge in [-0.1, -0.05) is 6.07 Å². The Hall–Kier alpha value is -1.83.